The summed E-state index contributed by atoms with van der Waals surface area (Å²) in [5.74, 6) is 2.52. The highest BCUT2D eigenvalue weighted by Crippen LogP contribution is 2.35. The van der Waals surface area contributed by atoms with E-state index in [0.29, 0.717) is 6.54 Å². The second-order valence-corrected chi connectivity index (χ2v) is 7.82. The number of halogens is 1. The minimum Gasteiger partial charge on any atom is -0.497 e. The summed E-state index contributed by atoms with van der Waals surface area (Å²) in [5.41, 5.74) is 4.44. The van der Waals surface area contributed by atoms with Crippen LogP contribution >= 0.6 is 15.9 Å². The van der Waals surface area contributed by atoms with E-state index in [9.17, 15) is 0 Å². The first kappa shape index (κ1) is 21.2. The summed E-state index contributed by atoms with van der Waals surface area (Å²) in [7, 11) is 3.33. The average Bonchev–Trinajstić information content (AvgIpc) is 2.74. The Kier molecular flexibility index (Phi) is 7.58. The monoisotopic (exact) mass is 457 g/mol. The SMILES string of the molecule is CCCCN/C=C1\CC(NCc2ccc(OC)cc2OC)=Nc2cc(Br)ccc21. The molecule has 6 heteroatoms. The third-order valence-electron chi connectivity index (χ3n) is 4.85. The summed E-state index contributed by atoms with van der Waals surface area (Å²) in [6.07, 6.45) is 5.23. The van der Waals surface area contributed by atoms with Crippen LogP contribution < -0.4 is 20.1 Å². The lowest BCUT2D eigenvalue weighted by Crippen LogP contribution is -2.25. The van der Waals surface area contributed by atoms with Crippen LogP contribution in [0.4, 0.5) is 5.69 Å². The largest absolute Gasteiger partial charge is 0.497 e. The average molecular weight is 458 g/mol. The number of rotatable bonds is 8. The van der Waals surface area contributed by atoms with Gasteiger partial charge in [-0.15, -0.1) is 0 Å². The van der Waals surface area contributed by atoms with Gasteiger partial charge in [-0.1, -0.05) is 35.3 Å². The van der Waals surface area contributed by atoms with Gasteiger partial charge in [0.1, 0.15) is 17.3 Å². The van der Waals surface area contributed by atoms with Crippen LogP contribution in [0.5, 0.6) is 11.5 Å². The molecule has 0 atom stereocenters. The highest BCUT2D eigenvalue weighted by atomic mass is 79.9. The van der Waals surface area contributed by atoms with E-state index >= 15 is 0 Å². The van der Waals surface area contributed by atoms with E-state index in [1.165, 1.54) is 17.6 Å². The number of nitrogens with zero attached hydrogens (tertiary/aromatic N) is 1. The molecular weight excluding hydrogens is 430 g/mol. The van der Waals surface area contributed by atoms with E-state index in [1.807, 2.05) is 18.2 Å². The van der Waals surface area contributed by atoms with Crippen molar-refractivity contribution < 1.29 is 9.47 Å². The molecule has 0 aromatic heterocycles. The first-order chi connectivity index (χ1) is 14.1. The lowest BCUT2D eigenvalue weighted by molar-refractivity contribution is 0.390. The molecule has 2 N–H and O–H groups in total. The van der Waals surface area contributed by atoms with E-state index < -0.39 is 0 Å². The van der Waals surface area contributed by atoms with E-state index in [1.54, 1.807) is 14.2 Å². The molecule has 0 radical (unpaired) electrons. The molecule has 0 spiro atoms. The van der Waals surface area contributed by atoms with Gasteiger partial charge in [0.05, 0.1) is 19.9 Å². The quantitative estimate of drug-likeness (QED) is 0.519. The topological polar surface area (TPSA) is 54.9 Å². The highest BCUT2D eigenvalue weighted by molar-refractivity contribution is 9.10. The molecular formula is C23H28BrN3O2. The van der Waals surface area contributed by atoms with Gasteiger partial charge in [0, 0.05) is 47.4 Å². The van der Waals surface area contributed by atoms with Crippen molar-refractivity contribution in [3.05, 3.63) is 58.2 Å². The predicted octanol–water partition coefficient (Wildman–Crippen LogP) is 5.42. The Morgan fingerprint density at radius 1 is 1.14 bits per heavy atom. The van der Waals surface area contributed by atoms with Crippen molar-refractivity contribution in [2.24, 2.45) is 4.99 Å². The third-order valence-corrected chi connectivity index (χ3v) is 5.34. The fourth-order valence-corrected chi connectivity index (χ4v) is 3.58. The molecule has 0 amide bonds. The number of ether oxygens (including phenoxy) is 2. The van der Waals surface area contributed by atoms with Crippen molar-refractivity contribution >= 4 is 33.0 Å². The molecule has 1 heterocycles. The number of fused-ring (bicyclic) bond motifs is 1. The molecule has 1 aliphatic heterocycles. The highest BCUT2D eigenvalue weighted by Gasteiger charge is 2.17. The molecule has 1 aliphatic rings. The van der Waals surface area contributed by atoms with Gasteiger partial charge in [0.25, 0.3) is 0 Å². The minimum atomic E-state index is 0.631. The van der Waals surface area contributed by atoms with Crippen molar-refractivity contribution in [1.82, 2.24) is 10.6 Å². The van der Waals surface area contributed by atoms with Crippen LogP contribution in [0.3, 0.4) is 0 Å². The van der Waals surface area contributed by atoms with Gasteiger partial charge in [-0.2, -0.15) is 0 Å². The molecule has 0 saturated heterocycles. The first-order valence-electron chi connectivity index (χ1n) is 9.89. The number of methoxy groups -OCH3 is 2. The molecule has 0 saturated carbocycles. The van der Waals surface area contributed by atoms with Crippen molar-refractivity contribution in [3.63, 3.8) is 0 Å². The lowest BCUT2D eigenvalue weighted by Gasteiger charge is -2.21. The van der Waals surface area contributed by atoms with Crippen LogP contribution in [0.15, 0.2) is 52.1 Å². The van der Waals surface area contributed by atoms with Gasteiger partial charge in [-0.05, 0) is 36.3 Å². The summed E-state index contributed by atoms with van der Waals surface area (Å²) < 4.78 is 11.8. The maximum Gasteiger partial charge on any atom is 0.127 e. The van der Waals surface area contributed by atoms with Crippen LogP contribution in [0.2, 0.25) is 0 Å². The summed E-state index contributed by atoms with van der Waals surface area (Å²) in [5, 5.41) is 6.93. The maximum absolute atomic E-state index is 5.51. The van der Waals surface area contributed by atoms with Gasteiger partial charge in [-0.25, -0.2) is 4.99 Å². The van der Waals surface area contributed by atoms with E-state index in [2.05, 4.69) is 57.9 Å². The van der Waals surface area contributed by atoms with E-state index in [4.69, 9.17) is 14.5 Å². The zero-order valence-corrected chi connectivity index (χ0v) is 18.8. The Labute approximate surface area is 181 Å². The van der Waals surface area contributed by atoms with Crippen LogP contribution in [-0.4, -0.2) is 26.6 Å². The summed E-state index contributed by atoms with van der Waals surface area (Å²) in [6.45, 7) is 3.81. The van der Waals surface area contributed by atoms with Gasteiger partial charge < -0.3 is 20.1 Å². The normalized spacial score (nSPS) is 14.2. The summed E-state index contributed by atoms with van der Waals surface area (Å²) in [6, 6.07) is 12.1. The Morgan fingerprint density at radius 3 is 2.76 bits per heavy atom. The van der Waals surface area contributed by atoms with Crippen molar-refractivity contribution in [3.8, 4) is 11.5 Å². The second-order valence-electron chi connectivity index (χ2n) is 6.91. The zero-order valence-electron chi connectivity index (χ0n) is 17.2. The lowest BCUT2D eigenvalue weighted by atomic mass is 9.98. The van der Waals surface area contributed by atoms with Crippen LogP contribution in [0.1, 0.15) is 37.3 Å². The van der Waals surface area contributed by atoms with Gasteiger partial charge in [0.15, 0.2) is 0 Å². The Morgan fingerprint density at radius 2 is 2.00 bits per heavy atom. The van der Waals surface area contributed by atoms with E-state index in [-0.39, 0.29) is 0 Å². The van der Waals surface area contributed by atoms with Crippen LogP contribution in [0, 0.1) is 0 Å². The van der Waals surface area contributed by atoms with Gasteiger partial charge in [-0.3, -0.25) is 0 Å². The van der Waals surface area contributed by atoms with Gasteiger partial charge in [0.2, 0.25) is 0 Å². The third kappa shape index (κ3) is 5.54. The number of aliphatic imine (C=N–C) groups is 1. The van der Waals surface area contributed by atoms with Gasteiger partial charge >= 0.3 is 0 Å². The molecule has 3 rings (SSSR count). The smallest absolute Gasteiger partial charge is 0.127 e. The summed E-state index contributed by atoms with van der Waals surface area (Å²) >= 11 is 3.56. The number of hydrogen-bond acceptors (Lipinski definition) is 5. The standard InChI is InChI=1S/C23H28BrN3O2/c1-4-5-10-25-14-17-11-23(27-21-12-18(24)7-9-20(17)21)26-15-16-6-8-19(28-2)13-22(16)29-3/h6-9,12-14,25H,4-5,10-11,15H2,1-3H3,(H,26,27)/b17-14+. The number of nitrogens with one attached hydrogen (secondary N) is 2. The molecule has 154 valence electrons. The second kappa shape index (κ2) is 10.3. The molecule has 5 nitrogen and oxygen atoms in total. The van der Waals surface area contributed by atoms with Crippen LogP contribution in [-0.2, 0) is 6.54 Å². The molecule has 2 aromatic rings. The molecule has 0 fully saturated rings. The molecule has 2 aromatic carbocycles. The number of unbranched alkanes of at least 4 members (excludes halogenated alkanes) is 1. The number of hydrogen-bond donors (Lipinski definition) is 2. The van der Waals surface area contributed by atoms with Crippen molar-refractivity contribution in [2.75, 3.05) is 20.8 Å². The fourth-order valence-electron chi connectivity index (χ4n) is 3.23. The predicted molar refractivity (Wildman–Crippen MR) is 123 cm³/mol. The van der Waals surface area contributed by atoms with Crippen molar-refractivity contribution in [2.45, 2.75) is 32.7 Å². The molecule has 0 bridgehead atoms. The number of amidine groups is 1. The molecule has 0 aliphatic carbocycles. The van der Waals surface area contributed by atoms with Crippen molar-refractivity contribution in [1.29, 1.82) is 0 Å². The minimum absolute atomic E-state index is 0.631. The van der Waals surface area contributed by atoms with Crippen LogP contribution in [0.25, 0.3) is 5.57 Å². The first-order valence-corrected chi connectivity index (χ1v) is 10.7. The zero-order chi connectivity index (χ0) is 20.6. The Hall–Kier alpha value is -2.47. The molecule has 0 unspecified atom stereocenters. The summed E-state index contributed by atoms with van der Waals surface area (Å²) in [4.78, 5) is 4.85. The Balaban J connectivity index is 1.79. The maximum atomic E-state index is 5.51. The number of benzene rings is 2. The Bertz CT molecular complexity index is 909. The van der Waals surface area contributed by atoms with E-state index in [0.717, 1.165) is 52.4 Å². The molecule has 29 heavy (non-hydrogen) atoms. The fraction of sp³-hybridized carbons (Fsp3) is 0.348.